The van der Waals surface area contributed by atoms with Crippen molar-refractivity contribution in [3.05, 3.63) is 0 Å². The number of aliphatic hydroxyl groups excluding tert-OH is 3. The van der Waals surface area contributed by atoms with E-state index in [-0.39, 0.29) is 0 Å². The Balaban J connectivity index is 5.55. The molecule has 0 heterocycles. The van der Waals surface area contributed by atoms with Crippen LogP contribution >= 0.6 is 0 Å². The lowest BCUT2D eigenvalue weighted by Crippen LogP contribution is -2.61. The van der Waals surface area contributed by atoms with Gasteiger partial charge in [0.1, 0.15) is 30.2 Å². The fraction of sp³-hybridized carbons (Fsp3) is 0.700. The van der Waals surface area contributed by atoms with E-state index in [9.17, 15) is 44.1 Å². The molecule has 0 bridgehead atoms. The highest BCUT2D eigenvalue weighted by Crippen LogP contribution is 2.04. The number of aliphatic carboxylic acids is 2. The van der Waals surface area contributed by atoms with Crippen LogP contribution in [0.1, 0.15) is 33.6 Å². The number of aliphatic hydroxyl groups is 3. The molecule has 0 spiro atoms. The molecule has 36 heavy (non-hydrogen) atoms. The zero-order valence-corrected chi connectivity index (χ0v) is 20.1. The molecule has 0 aliphatic rings. The van der Waals surface area contributed by atoms with Crippen LogP contribution in [-0.2, 0) is 28.8 Å². The van der Waals surface area contributed by atoms with E-state index in [1.807, 2.05) is 0 Å². The van der Waals surface area contributed by atoms with Gasteiger partial charge in [0.15, 0.2) is 0 Å². The minimum Gasteiger partial charge on any atom is -0.481 e. The molecular formula is C20H35N5O11. The van der Waals surface area contributed by atoms with Crippen LogP contribution in [0.2, 0.25) is 0 Å². The van der Waals surface area contributed by atoms with Crippen LogP contribution in [0, 0.1) is 5.92 Å². The first-order valence-corrected chi connectivity index (χ1v) is 11.0. The molecule has 4 amide bonds. The second kappa shape index (κ2) is 15.6. The SMILES string of the molecule is CC(C)[C@H](NC(=O)[C@H](CO)NC(=O)[C@@H](NC(=O)[C@H](CCC(=O)O)NC(=O)[C@@H](N)CO)[C@@H](C)O)C(=O)O. The molecule has 6 atom stereocenters. The maximum absolute atomic E-state index is 12.7. The van der Waals surface area contributed by atoms with Gasteiger partial charge in [0.2, 0.25) is 23.6 Å². The van der Waals surface area contributed by atoms with Crippen LogP contribution in [-0.4, -0.2) is 111 Å². The zero-order chi connectivity index (χ0) is 28.2. The number of carbonyl (C=O) groups excluding carboxylic acids is 4. The minimum atomic E-state index is -1.73. The third-order valence-electron chi connectivity index (χ3n) is 4.92. The fourth-order valence-electron chi connectivity index (χ4n) is 2.78. The van der Waals surface area contributed by atoms with Crippen molar-refractivity contribution in [2.45, 2.75) is 69.9 Å². The lowest BCUT2D eigenvalue weighted by Gasteiger charge is -2.27. The lowest BCUT2D eigenvalue weighted by molar-refractivity contribution is -0.144. The van der Waals surface area contributed by atoms with Gasteiger partial charge in [-0.1, -0.05) is 13.8 Å². The van der Waals surface area contributed by atoms with Gasteiger partial charge in [0.05, 0.1) is 19.3 Å². The molecule has 0 rings (SSSR count). The third-order valence-corrected chi connectivity index (χ3v) is 4.92. The zero-order valence-electron chi connectivity index (χ0n) is 20.1. The summed E-state index contributed by atoms with van der Waals surface area (Å²) in [5.74, 6) is -7.39. The highest BCUT2D eigenvalue weighted by molar-refractivity contribution is 5.95. The molecule has 16 nitrogen and oxygen atoms in total. The van der Waals surface area contributed by atoms with Gasteiger partial charge in [-0.15, -0.1) is 0 Å². The van der Waals surface area contributed by atoms with Crippen molar-refractivity contribution in [2.24, 2.45) is 11.7 Å². The van der Waals surface area contributed by atoms with Crippen molar-refractivity contribution in [1.82, 2.24) is 21.3 Å². The average molecular weight is 522 g/mol. The summed E-state index contributed by atoms with van der Waals surface area (Å²) in [5, 5.41) is 55.1. The molecule has 0 unspecified atom stereocenters. The first-order valence-electron chi connectivity index (χ1n) is 11.0. The average Bonchev–Trinajstić information content (AvgIpc) is 2.79. The molecule has 0 aromatic heterocycles. The Morgan fingerprint density at radius 1 is 0.722 bits per heavy atom. The van der Waals surface area contributed by atoms with E-state index in [4.69, 9.17) is 15.9 Å². The third kappa shape index (κ3) is 10.9. The number of carboxylic acids is 2. The number of hydrogen-bond donors (Lipinski definition) is 10. The van der Waals surface area contributed by atoms with Gasteiger partial charge >= 0.3 is 11.9 Å². The molecular weight excluding hydrogens is 486 g/mol. The van der Waals surface area contributed by atoms with Crippen LogP contribution in [0.15, 0.2) is 0 Å². The van der Waals surface area contributed by atoms with Crippen LogP contribution in [0.25, 0.3) is 0 Å². The van der Waals surface area contributed by atoms with Gasteiger partial charge in [0.25, 0.3) is 0 Å². The summed E-state index contributed by atoms with van der Waals surface area (Å²) in [6.45, 7) is 2.46. The normalized spacial score (nSPS) is 16.0. The summed E-state index contributed by atoms with van der Waals surface area (Å²) in [6, 6.07) is -7.61. The van der Waals surface area contributed by atoms with E-state index in [1.165, 1.54) is 13.8 Å². The number of carbonyl (C=O) groups is 6. The predicted molar refractivity (Wildman–Crippen MR) is 121 cm³/mol. The van der Waals surface area contributed by atoms with E-state index >= 15 is 0 Å². The number of carboxylic acid groups (broad SMARTS) is 2. The summed E-state index contributed by atoms with van der Waals surface area (Å²) in [4.78, 5) is 71.9. The number of hydrogen-bond acceptors (Lipinski definition) is 10. The maximum Gasteiger partial charge on any atom is 0.326 e. The molecule has 16 heteroatoms. The molecule has 0 fully saturated rings. The molecule has 206 valence electrons. The number of rotatable bonds is 16. The highest BCUT2D eigenvalue weighted by Gasteiger charge is 2.34. The molecule has 0 saturated carbocycles. The molecule has 0 aliphatic carbocycles. The van der Waals surface area contributed by atoms with E-state index < -0.39 is 104 Å². The van der Waals surface area contributed by atoms with Gasteiger partial charge in [-0.05, 0) is 19.3 Å². The smallest absolute Gasteiger partial charge is 0.326 e. The summed E-state index contributed by atoms with van der Waals surface area (Å²) in [7, 11) is 0. The number of amides is 4. The van der Waals surface area contributed by atoms with Crippen LogP contribution in [0.4, 0.5) is 0 Å². The number of nitrogens with two attached hydrogens (primary N) is 1. The van der Waals surface area contributed by atoms with Gasteiger partial charge in [-0.25, -0.2) is 4.79 Å². The standard InChI is InChI=1S/C20H35N5O11/c1-8(2)14(20(35)36)24-18(33)12(7-27)23-19(34)15(9(3)28)25-17(32)11(4-5-13(29)30)22-16(31)10(21)6-26/h8-12,14-15,26-28H,4-7,21H2,1-3H3,(H,22,31)(H,23,34)(H,24,33)(H,25,32)(H,29,30)(H,35,36)/t9-,10+,11+,12+,14+,15+/m1/s1. The second-order valence-corrected chi connectivity index (χ2v) is 8.32. The summed E-state index contributed by atoms with van der Waals surface area (Å²) < 4.78 is 0. The topological polar surface area (TPSA) is 278 Å². The van der Waals surface area contributed by atoms with Crippen molar-refractivity contribution in [3.63, 3.8) is 0 Å². The molecule has 0 saturated heterocycles. The van der Waals surface area contributed by atoms with Crippen molar-refractivity contribution < 1.29 is 54.3 Å². The fourth-order valence-corrected chi connectivity index (χ4v) is 2.78. The molecule has 11 N–H and O–H groups in total. The first kappa shape index (κ1) is 32.7. The summed E-state index contributed by atoms with van der Waals surface area (Å²) >= 11 is 0. The maximum atomic E-state index is 12.7. The molecule has 0 aliphatic heterocycles. The van der Waals surface area contributed by atoms with Crippen LogP contribution < -0.4 is 27.0 Å². The van der Waals surface area contributed by atoms with Crippen molar-refractivity contribution in [1.29, 1.82) is 0 Å². The van der Waals surface area contributed by atoms with Gasteiger partial charge in [-0.2, -0.15) is 0 Å². The van der Waals surface area contributed by atoms with Crippen LogP contribution in [0.5, 0.6) is 0 Å². The Bertz CT molecular complexity index is 805. The second-order valence-electron chi connectivity index (χ2n) is 8.32. The Labute approximate surface area is 206 Å². The molecule has 0 aromatic rings. The Kier molecular flexibility index (Phi) is 14.2. The van der Waals surface area contributed by atoms with Gasteiger partial charge in [0, 0.05) is 6.42 Å². The van der Waals surface area contributed by atoms with Crippen molar-refractivity contribution in [2.75, 3.05) is 13.2 Å². The van der Waals surface area contributed by atoms with E-state index in [2.05, 4.69) is 21.3 Å². The molecule has 0 radical (unpaired) electrons. The first-order chi connectivity index (χ1) is 16.7. The van der Waals surface area contributed by atoms with E-state index in [0.29, 0.717) is 0 Å². The Morgan fingerprint density at radius 2 is 1.22 bits per heavy atom. The van der Waals surface area contributed by atoms with Crippen molar-refractivity contribution in [3.8, 4) is 0 Å². The lowest BCUT2D eigenvalue weighted by atomic mass is 10.0. The van der Waals surface area contributed by atoms with E-state index in [0.717, 1.165) is 6.92 Å². The van der Waals surface area contributed by atoms with Gasteiger partial charge < -0.3 is 52.5 Å². The van der Waals surface area contributed by atoms with Gasteiger partial charge in [-0.3, -0.25) is 24.0 Å². The number of nitrogens with one attached hydrogen (secondary N) is 4. The minimum absolute atomic E-state index is 0.424. The molecule has 0 aromatic carbocycles. The summed E-state index contributed by atoms with van der Waals surface area (Å²) in [5.41, 5.74) is 5.38. The quantitative estimate of drug-likeness (QED) is 0.0916. The van der Waals surface area contributed by atoms with Crippen molar-refractivity contribution >= 4 is 35.6 Å². The monoisotopic (exact) mass is 521 g/mol. The summed E-state index contributed by atoms with van der Waals surface area (Å²) in [6.07, 6.45) is -2.55. The highest BCUT2D eigenvalue weighted by atomic mass is 16.4. The Morgan fingerprint density at radius 3 is 1.64 bits per heavy atom. The largest absolute Gasteiger partial charge is 0.481 e. The Hall–Kier alpha value is -3.34. The van der Waals surface area contributed by atoms with E-state index in [1.54, 1.807) is 0 Å². The van der Waals surface area contributed by atoms with Crippen LogP contribution in [0.3, 0.4) is 0 Å². The predicted octanol–water partition coefficient (Wildman–Crippen LogP) is -4.78.